The first-order valence-corrected chi connectivity index (χ1v) is 7.53. The Kier molecular flexibility index (Phi) is 3.77. The second kappa shape index (κ2) is 4.61. The molecular weight excluding hydrogens is 266 g/mol. The van der Waals surface area contributed by atoms with Crippen molar-refractivity contribution < 1.29 is 16.8 Å². The van der Waals surface area contributed by atoms with Gasteiger partial charge in [0, 0.05) is 7.05 Å². The third-order valence-corrected chi connectivity index (χ3v) is 4.11. The Labute approximate surface area is 100 Å². The van der Waals surface area contributed by atoms with Crippen LogP contribution in [-0.2, 0) is 20.2 Å². The van der Waals surface area contributed by atoms with E-state index in [1.807, 2.05) is 4.72 Å². The van der Waals surface area contributed by atoms with Gasteiger partial charge >= 0.3 is 0 Å². The van der Waals surface area contributed by atoms with Gasteiger partial charge in [0.2, 0.25) is 10.0 Å². The lowest BCUT2D eigenvalue weighted by Gasteiger charge is -2.09. The molecule has 1 aromatic carbocycles. The van der Waals surface area contributed by atoms with E-state index in [-0.39, 0.29) is 10.6 Å². The number of nitrogens with one attached hydrogen (secondary N) is 2. The Morgan fingerprint density at radius 3 is 2.24 bits per heavy atom. The number of benzene rings is 1. The van der Waals surface area contributed by atoms with Gasteiger partial charge in [-0.2, -0.15) is 8.42 Å². The van der Waals surface area contributed by atoms with Crippen LogP contribution in [0.2, 0.25) is 0 Å². The smallest absolute Gasteiger partial charge is 0.271 e. The zero-order chi connectivity index (χ0) is 13.3. The van der Waals surface area contributed by atoms with Crippen molar-refractivity contribution in [3.8, 4) is 0 Å². The number of nitrogens with two attached hydrogens (primary N) is 1. The predicted octanol–water partition coefficient (Wildman–Crippen LogP) is -0.481. The topological polar surface area (TPSA) is 118 Å². The van der Waals surface area contributed by atoms with Gasteiger partial charge in [-0.3, -0.25) is 4.72 Å². The largest absolute Gasteiger partial charge is 0.298 e. The van der Waals surface area contributed by atoms with Crippen molar-refractivity contribution in [3.05, 3.63) is 23.8 Å². The van der Waals surface area contributed by atoms with Crippen molar-refractivity contribution in [3.63, 3.8) is 0 Å². The minimum absolute atomic E-state index is 0.117. The molecule has 0 amide bonds. The highest BCUT2D eigenvalue weighted by molar-refractivity contribution is 7.90. The molecule has 0 heterocycles. The molecule has 0 fully saturated rings. The molecule has 0 radical (unpaired) electrons. The molecule has 9 heteroatoms. The van der Waals surface area contributed by atoms with E-state index < -0.39 is 20.2 Å². The molecule has 1 aromatic rings. The van der Waals surface area contributed by atoms with E-state index in [9.17, 15) is 16.8 Å². The summed E-state index contributed by atoms with van der Waals surface area (Å²) < 4.78 is 49.1. The molecule has 7 nitrogen and oxygen atoms in total. The van der Waals surface area contributed by atoms with Crippen molar-refractivity contribution >= 4 is 25.9 Å². The second-order valence-electron chi connectivity index (χ2n) is 3.33. The molecule has 17 heavy (non-hydrogen) atoms. The van der Waals surface area contributed by atoms with Gasteiger partial charge in [0.05, 0.1) is 10.6 Å². The monoisotopic (exact) mass is 279 g/mol. The van der Waals surface area contributed by atoms with Crippen molar-refractivity contribution in [2.75, 3.05) is 11.8 Å². The van der Waals surface area contributed by atoms with Crippen molar-refractivity contribution in [2.24, 2.45) is 5.14 Å². The van der Waals surface area contributed by atoms with E-state index in [0.717, 1.165) is 0 Å². The van der Waals surface area contributed by atoms with Gasteiger partial charge in [-0.05, 0) is 24.6 Å². The Balaban J connectivity index is 3.24. The molecule has 0 saturated carbocycles. The van der Waals surface area contributed by atoms with Crippen LogP contribution < -0.4 is 14.6 Å². The lowest BCUT2D eigenvalue weighted by Crippen LogP contribution is -2.26. The molecule has 0 aliphatic rings. The van der Waals surface area contributed by atoms with Gasteiger partial charge < -0.3 is 0 Å². The summed E-state index contributed by atoms with van der Waals surface area (Å²) in [6.07, 6.45) is 0. The van der Waals surface area contributed by atoms with Crippen LogP contribution in [0.5, 0.6) is 0 Å². The number of rotatable bonds is 4. The summed E-state index contributed by atoms with van der Waals surface area (Å²) in [7, 11) is -6.32. The van der Waals surface area contributed by atoms with Crippen LogP contribution >= 0.6 is 0 Å². The third-order valence-electron chi connectivity index (χ3n) is 2.02. The predicted molar refractivity (Wildman–Crippen MR) is 64.2 cm³/mol. The van der Waals surface area contributed by atoms with Crippen LogP contribution in [0.1, 0.15) is 5.56 Å². The number of hydrogen-bond donors (Lipinski definition) is 3. The minimum atomic E-state index is -3.87. The molecular formula is C8H13N3O4S2. The van der Waals surface area contributed by atoms with Crippen LogP contribution in [0, 0.1) is 6.92 Å². The molecule has 0 aliphatic heterocycles. The fourth-order valence-electron chi connectivity index (χ4n) is 1.18. The molecule has 4 N–H and O–H groups in total. The number of sulfonamides is 1. The number of hydrogen-bond acceptors (Lipinski definition) is 4. The van der Waals surface area contributed by atoms with E-state index in [0.29, 0.717) is 5.56 Å². The summed E-state index contributed by atoms with van der Waals surface area (Å²) >= 11 is 0. The average molecular weight is 279 g/mol. The highest BCUT2D eigenvalue weighted by Crippen LogP contribution is 2.19. The first-order valence-electron chi connectivity index (χ1n) is 4.50. The van der Waals surface area contributed by atoms with E-state index in [4.69, 9.17) is 5.14 Å². The molecule has 1 rings (SSSR count). The molecule has 0 aromatic heterocycles. The number of anilines is 1. The highest BCUT2D eigenvalue weighted by atomic mass is 32.2. The van der Waals surface area contributed by atoms with Crippen molar-refractivity contribution in [1.29, 1.82) is 0 Å². The Bertz CT molecular complexity index is 622. The first kappa shape index (κ1) is 13.9. The van der Waals surface area contributed by atoms with Gasteiger partial charge in [-0.15, -0.1) is 0 Å². The van der Waals surface area contributed by atoms with Gasteiger partial charge in [0.1, 0.15) is 0 Å². The number of primary sulfonamides is 1. The fraction of sp³-hybridized carbons (Fsp3) is 0.250. The summed E-state index contributed by atoms with van der Waals surface area (Å²) in [6, 6.07) is 4.08. The molecule has 0 bridgehead atoms. The minimum Gasteiger partial charge on any atom is -0.271 e. The summed E-state index contributed by atoms with van der Waals surface area (Å²) in [4.78, 5) is -0.117. The van der Waals surface area contributed by atoms with Crippen LogP contribution in [0.3, 0.4) is 0 Å². The van der Waals surface area contributed by atoms with Gasteiger partial charge in [0.25, 0.3) is 10.2 Å². The molecule has 0 atom stereocenters. The molecule has 0 saturated heterocycles. The lowest BCUT2D eigenvalue weighted by atomic mass is 10.2. The molecule has 96 valence electrons. The first-order chi connectivity index (χ1) is 7.65. The van der Waals surface area contributed by atoms with Crippen LogP contribution in [-0.4, -0.2) is 23.9 Å². The lowest BCUT2D eigenvalue weighted by molar-refractivity contribution is 0.592. The maximum Gasteiger partial charge on any atom is 0.298 e. The number of aryl methyl sites for hydroxylation is 1. The second-order valence-corrected chi connectivity index (χ2v) is 6.48. The standard InChI is InChI=1S/C8H13N3O4S2/c1-6-3-4-7(11-17(14,15)10-2)5-8(6)16(9,12)13/h3-5,10-11H,1-2H3,(H2,9,12,13). The Morgan fingerprint density at radius 1 is 1.18 bits per heavy atom. The highest BCUT2D eigenvalue weighted by Gasteiger charge is 2.14. The van der Waals surface area contributed by atoms with Crippen molar-refractivity contribution in [2.45, 2.75) is 11.8 Å². The van der Waals surface area contributed by atoms with E-state index in [1.165, 1.54) is 25.2 Å². The molecule has 0 spiro atoms. The zero-order valence-corrected chi connectivity index (χ0v) is 10.9. The maximum absolute atomic E-state index is 11.2. The Morgan fingerprint density at radius 2 is 1.76 bits per heavy atom. The van der Waals surface area contributed by atoms with Gasteiger partial charge in [-0.1, -0.05) is 6.07 Å². The van der Waals surface area contributed by atoms with E-state index in [1.54, 1.807) is 6.92 Å². The zero-order valence-electron chi connectivity index (χ0n) is 9.26. The van der Waals surface area contributed by atoms with E-state index in [2.05, 4.69) is 4.72 Å². The SMILES string of the molecule is CNS(=O)(=O)Nc1ccc(C)c(S(N)(=O)=O)c1. The maximum atomic E-state index is 11.2. The summed E-state index contributed by atoms with van der Waals surface area (Å²) in [5, 5.41) is 5.00. The van der Waals surface area contributed by atoms with Crippen molar-refractivity contribution in [1.82, 2.24) is 4.72 Å². The fourth-order valence-corrected chi connectivity index (χ4v) is 2.52. The average Bonchev–Trinajstić information content (AvgIpc) is 2.19. The molecule has 0 aliphatic carbocycles. The van der Waals surface area contributed by atoms with Crippen LogP contribution in [0.15, 0.2) is 23.1 Å². The van der Waals surface area contributed by atoms with Crippen LogP contribution in [0.25, 0.3) is 0 Å². The summed E-state index contributed by atoms with van der Waals surface area (Å²) in [5.41, 5.74) is 0.564. The summed E-state index contributed by atoms with van der Waals surface area (Å²) in [6.45, 7) is 1.57. The quantitative estimate of drug-likeness (QED) is 0.689. The third kappa shape index (κ3) is 3.66. The van der Waals surface area contributed by atoms with E-state index >= 15 is 0 Å². The van der Waals surface area contributed by atoms with Gasteiger partial charge in [0.15, 0.2) is 0 Å². The van der Waals surface area contributed by atoms with Gasteiger partial charge in [-0.25, -0.2) is 18.3 Å². The Hall–Kier alpha value is -1.16. The normalized spacial score (nSPS) is 12.4. The molecule has 0 unspecified atom stereocenters. The van der Waals surface area contributed by atoms with Crippen LogP contribution in [0.4, 0.5) is 5.69 Å². The summed E-state index contributed by atoms with van der Waals surface area (Å²) in [5.74, 6) is 0.